The van der Waals surface area contributed by atoms with E-state index >= 15 is 0 Å². The largest absolute Gasteiger partial charge is 0.481 e. The molecule has 2 fully saturated rings. The maximum atomic E-state index is 11.6. The number of carbonyl (C=O) groups is 2. The van der Waals surface area contributed by atoms with Crippen LogP contribution in [0.25, 0.3) is 0 Å². The summed E-state index contributed by atoms with van der Waals surface area (Å²) in [4.78, 5) is 22.2. The summed E-state index contributed by atoms with van der Waals surface area (Å²) in [5.41, 5.74) is -0.901. The summed E-state index contributed by atoms with van der Waals surface area (Å²) < 4.78 is 5.13. The van der Waals surface area contributed by atoms with Crippen molar-refractivity contribution in [1.29, 1.82) is 0 Å². The highest BCUT2D eigenvalue weighted by atomic mass is 16.5. The monoisotopic (exact) mass is 243 g/mol. The lowest BCUT2D eigenvalue weighted by molar-refractivity contribution is -0.140. The summed E-state index contributed by atoms with van der Waals surface area (Å²) >= 11 is 0. The van der Waals surface area contributed by atoms with E-state index < -0.39 is 23.4 Å². The van der Waals surface area contributed by atoms with Crippen LogP contribution in [0, 0.1) is 11.8 Å². The Labute approximate surface area is 99.0 Å². The van der Waals surface area contributed by atoms with Crippen LogP contribution in [0.2, 0.25) is 0 Å². The number of hydrogen-bond donors (Lipinski definition) is 3. The summed E-state index contributed by atoms with van der Waals surface area (Å²) in [6.07, 6.45) is 1.41. The third-order valence-electron chi connectivity index (χ3n) is 3.46. The first-order valence-electron chi connectivity index (χ1n) is 5.82. The summed E-state index contributed by atoms with van der Waals surface area (Å²) in [5.74, 6) is -2.15. The summed E-state index contributed by atoms with van der Waals surface area (Å²) in [6.45, 7) is 1.17. The van der Waals surface area contributed by atoms with Gasteiger partial charge in [-0.05, 0) is 6.42 Å². The van der Waals surface area contributed by atoms with Gasteiger partial charge in [0.05, 0.1) is 17.4 Å². The average Bonchev–Trinajstić information content (AvgIpc) is 3.07. The molecule has 3 N–H and O–H groups in total. The number of hydrogen-bond acceptors (Lipinski definition) is 4. The summed E-state index contributed by atoms with van der Waals surface area (Å²) in [6, 6.07) is 0. The number of carboxylic acids is 1. The minimum absolute atomic E-state index is 0.179. The van der Waals surface area contributed by atoms with Crippen molar-refractivity contribution in [3.63, 3.8) is 0 Å². The Morgan fingerprint density at radius 2 is 1.94 bits per heavy atom. The van der Waals surface area contributed by atoms with Crippen LogP contribution >= 0.6 is 0 Å². The van der Waals surface area contributed by atoms with Gasteiger partial charge in [0.15, 0.2) is 0 Å². The molecular formula is C11H17NO5. The van der Waals surface area contributed by atoms with Gasteiger partial charge in [-0.1, -0.05) is 0 Å². The standard InChI is InChI=1S/C11H17NO5/c13-9(7-5-8(7)10(14)15)12-6-11(16)1-3-17-4-2-11/h7-8,16H,1-6H2,(H,12,13)(H,14,15). The van der Waals surface area contributed by atoms with Gasteiger partial charge >= 0.3 is 5.97 Å². The highest BCUT2D eigenvalue weighted by Gasteiger charge is 2.48. The van der Waals surface area contributed by atoms with Gasteiger partial charge in [-0.2, -0.15) is 0 Å². The first-order valence-corrected chi connectivity index (χ1v) is 5.82. The predicted octanol–water partition coefficient (Wildman–Crippen LogP) is -0.635. The Morgan fingerprint density at radius 1 is 1.29 bits per heavy atom. The molecule has 96 valence electrons. The zero-order valence-electron chi connectivity index (χ0n) is 9.52. The lowest BCUT2D eigenvalue weighted by atomic mass is 9.94. The van der Waals surface area contributed by atoms with Gasteiger partial charge in [-0.25, -0.2) is 0 Å². The fraction of sp³-hybridized carbons (Fsp3) is 0.818. The van der Waals surface area contributed by atoms with E-state index in [9.17, 15) is 14.7 Å². The topological polar surface area (TPSA) is 95.9 Å². The molecule has 1 aliphatic carbocycles. The molecule has 2 atom stereocenters. The molecule has 6 nitrogen and oxygen atoms in total. The maximum Gasteiger partial charge on any atom is 0.307 e. The molecule has 0 spiro atoms. The molecule has 2 aliphatic rings. The highest BCUT2D eigenvalue weighted by molar-refractivity contribution is 5.89. The first kappa shape index (κ1) is 12.3. The summed E-state index contributed by atoms with van der Waals surface area (Å²) in [7, 11) is 0. The van der Waals surface area contributed by atoms with E-state index in [4.69, 9.17) is 9.84 Å². The van der Waals surface area contributed by atoms with Crippen LogP contribution in [0.15, 0.2) is 0 Å². The molecule has 6 heteroatoms. The first-order chi connectivity index (χ1) is 8.02. The summed E-state index contributed by atoms with van der Waals surface area (Å²) in [5, 5.41) is 21.4. The van der Waals surface area contributed by atoms with Crippen molar-refractivity contribution in [3.05, 3.63) is 0 Å². The molecule has 1 saturated heterocycles. The molecular weight excluding hydrogens is 226 g/mol. The smallest absolute Gasteiger partial charge is 0.307 e. The van der Waals surface area contributed by atoms with E-state index in [-0.39, 0.29) is 12.5 Å². The van der Waals surface area contributed by atoms with Gasteiger partial charge in [-0.15, -0.1) is 0 Å². The maximum absolute atomic E-state index is 11.6. The van der Waals surface area contributed by atoms with Crippen molar-refractivity contribution < 1.29 is 24.5 Å². The zero-order valence-corrected chi connectivity index (χ0v) is 9.52. The Balaban J connectivity index is 1.75. The molecule has 0 radical (unpaired) electrons. The van der Waals surface area contributed by atoms with Crippen molar-refractivity contribution in [2.45, 2.75) is 24.9 Å². The number of aliphatic carboxylic acids is 1. The second kappa shape index (κ2) is 4.62. The van der Waals surface area contributed by atoms with Crippen LogP contribution in [0.1, 0.15) is 19.3 Å². The van der Waals surface area contributed by atoms with Gasteiger partial charge in [0.25, 0.3) is 0 Å². The Bertz CT molecular complexity index is 324. The van der Waals surface area contributed by atoms with Crippen molar-refractivity contribution in [3.8, 4) is 0 Å². The second-order valence-corrected chi connectivity index (χ2v) is 4.84. The van der Waals surface area contributed by atoms with E-state index in [2.05, 4.69) is 5.32 Å². The average molecular weight is 243 g/mol. The fourth-order valence-electron chi connectivity index (χ4n) is 2.07. The van der Waals surface area contributed by atoms with Crippen molar-refractivity contribution in [1.82, 2.24) is 5.32 Å². The Kier molecular flexibility index (Phi) is 3.35. The third kappa shape index (κ3) is 2.95. The number of aliphatic hydroxyl groups is 1. The molecule has 17 heavy (non-hydrogen) atoms. The van der Waals surface area contributed by atoms with E-state index in [1.165, 1.54) is 0 Å². The van der Waals surface area contributed by atoms with Crippen molar-refractivity contribution in [2.24, 2.45) is 11.8 Å². The highest BCUT2D eigenvalue weighted by Crippen LogP contribution is 2.38. The van der Waals surface area contributed by atoms with E-state index in [0.29, 0.717) is 32.5 Å². The van der Waals surface area contributed by atoms with Crippen LogP contribution < -0.4 is 5.32 Å². The normalized spacial score (nSPS) is 30.6. The molecule has 2 unspecified atom stereocenters. The Morgan fingerprint density at radius 3 is 2.47 bits per heavy atom. The minimum atomic E-state index is -0.921. The number of rotatable bonds is 4. The molecule has 1 amide bonds. The fourth-order valence-corrected chi connectivity index (χ4v) is 2.07. The molecule has 2 rings (SSSR count). The van der Waals surface area contributed by atoms with E-state index in [1.54, 1.807) is 0 Å². The van der Waals surface area contributed by atoms with Gasteiger partial charge in [0.1, 0.15) is 0 Å². The number of nitrogens with one attached hydrogen (secondary N) is 1. The molecule has 0 aromatic rings. The van der Waals surface area contributed by atoms with Crippen molar-refractivity contribution >= 4 is 11.9 Å². The lowest BCUT2D eigenvalue weighted by Gasteiger charge is -2.32. The molecule has 0 aromatic heterocycles. The molecule has 1 saturated carbocycles. The minimum Gasteiger partial charge on any atom is -0.481 e. The van der Waals surface area contributed by atoms with E-state index in [0.717, 1.165) is 0 Å². The number of ether oxygens (including phenoxy) is 1. The molecule has 0 aromatic carbocycles. The SMILES string of the molecule is O=C(O)C1CC1C(=O)NCC1(O)CCOCC1. The molecule has 1 aliphatic heterocycles. The van der Waals surface area contributed by atoms with Crippen LogP contribution in [-0.4, -0.2) is 47.4 Å². The van der Waals surface area contributed by atoms with Crippen molar-refractivity contribution in [2.75, 3.05) is 19.8 Å². The van der Waals surface area contributed by atoms with Gasteiger partial charge < -0.3 is 20.3 Å². The van der Waals surface area contributed by atoms with E-state index in [1.807, 2.05) is 0 Å². The third-order valence-corrected chi connectivity index (χ3v) is 3.46. The van der Waals surface area contributed by atoms with Crippen LogP contribution in [-0.2, 0) is 14.3 Å². The number of amides is 1. The van der Waals surface area contributed by atoms with Gasteiger partial charge in [0.2, 0.25) is 5.91 Å². The second-order valence-electron chi connectivity index (χ2n) is 4.84. The zero-order chi connectivity index (χ0) is 12.5. The van der Waals surface area contributed by atoms with Crippen LogP contribution in [0.3, 0.4) is 0 Å². The molecule has 1 heterocycles. The number of carbonyl (C=O) groups excluding carboxylic acids is 1. The predicted molar refractivity (Wildman–Crippen MR) is 57.2 cm³/mol. The molecule has 0 bridgehead atoms. The van der Waals surface area contributed by atoms with Crippen LogP contribution in [0.5, 0.6) is 0 Å². The van der Waals surface area contributed by atoms with Crippen LogP contribution in [0.4, 0.5) is 0 Å². The Hall–Kier alpha value is -1.14. The lowest BCUT2D eigenvalue weighted by Crippen LogP contribution is -2.47. The van der Waals surface area contributed by atoms with Gasteiger partial charge in [0, 0.05) is 32.6 Å². The number of carboxylic acid groups (broad SMARTS) is 1. The van der Waals surface area contributed by atoms with Gasteiger partial charge in [-0.3, -0.25) is 9.59 Å². The quantitative estimate of drug-likeness (QED) is 0.610.